The van der Waals surface area contributed by atoms with Crippen molar-refractivity contribution >= 4 is 0 Å². The molecule has 0 aromatic carbocycles. The molecule has 0 aliphatic heterocycles. The summed E-state index contributed by atoms with van der Waals surface area (Å²) in [6.07, 6.45) is 10.0. The van der Waals surface area contributed by atoms with E-state index in [1.807, 2.05) is 0 Å². The van der Waals surface area contributed by atoms with Gasteiger partial charge < -0.3 is 9.64 Å². The summed E-state index contributed by atoms with van der Waals surface area (Å²) in [7, 11) is 4.29. The molecule has 1 aliphatic carbocycles. The second-order valence-electron chi connectivity index (χ2n) is 7.64. The lowest BCUT2D eigenvalue weighted by atomic mass is 9.83. The Morgan fingerprint density at radius 1 is 1.00 bits per heavy atom. The first-order valence-corrected chi connectivity index (χ1v) is 8.73. The molecule has 1 saturated carbocycles. The van der Waals surface area contributed by atoms with Gasteiger partial charge in [0.15, 0.2) is 0 Å². The molecule has 0 N–H and O–H groups in total. The summed E-state index contributed by atoms with van der Waals surface area (Å²) in [5, 5.41) is 0. The van der Waals surface area contributed by atoms with Gasteiger partial charge in [-0.2, -0.15) is 0 Å². The Kier molecular flexibility index (Phi) is 8.79. The summed E-state index contributed by atoms with van der Waals surface area (Å²) in [5.74, 6) is 2.53. The van der Waals surface area contributed by atoms with Crippen molar-refractivity contribution in [2.24, 2.45) is 17.8 Å². The van der Waals surface area contributed by atoms with E-state index in [9.17, 15) is 0 Å². The van der Waals surface area contributed by atoms with Crippen LogP contribution >= 0.6 is 0 Å². The van der Waals surface area contributed by atoms with Crippen LogP contribution in [0.1, 0.15) is 65.7 Å². The number of hydrogen-bond acceptors (Lipinski definition) is 2. The van der Waals surface area contributed by atoms with Crippen molar-refractivity contribution in [3.05, 3.63) is 0 Å². The Hall–Kier alpha value is -0.0800. The second-order valence-corrected chi connectivity index (χ2v) is 7.64. The molecule has 1 rings (SSSR count). The molecule has 2 nitrogen and oxygen atoms in total. The van der Waals surface area contributed by atoms with E-state index in [-0.39, 0.29) is 0 Å². The van der Waals surface area contributed by atoms with Crippen molar-refractivity contribution < 1.29 is 4.74 Å². The first-order valence-electron chi connectivity index (χ1n) is 8.73. The number of ether oxygens (including phenoxy) is 1. The number of nitrogens with zero attached hydrogens (tertiary/aromatic N) is 1. The summed E-state index contributed by atoms with van der Waals surface area (Å²) < 4.78 is 6.13. The molecule has 0 bridgehead atoms. The number of hydrogen-bond donors (Lipinski definition) is 0. The van der Waals surface area contributed by atoms with Gasteiger partial charge in [-0.05, 0) is 70.5 Å². The molecule has 120 valence electrons. The van der Waals surface area contributed by atoms with E-state index in [0.717, 1.165) is 18.4 Å². The molecule has 0 saturated heterocycles. The van der Waals surface area contributed by atoms with Crippen LogP contribution in [0.2, 0.25) is 0 Å². The standard InChI is InChI=1S/C18H37NO/c1-15(2)6-7-17-8-10-18(11-9-17)20-14-16(3)12-13-19(4)5/h15-18H,6-14H2,1-5H3. The Balaban J connectivity index is 2.07. The van der Waals surface area contributed by atoms with Crippen LogP contribution in [-0.4, -0.2) is 38.3 Å². The fraction of sp³-hybridized carbons (Fsp3) is 1.00. The Bertz CT molecular complexity index is 232. The van der Waals surface area contributed by atoms with E-state index >= 15 is 0 Å². The topological polar surface area (TPSA) is 12.5 Å². The molecule has 1 atom stereocenters. The van der Waals surface area contributed by atoms with Gasteiger partial charge in [0.1, 0.15) is 0 Å². The van der Waals surface area contributed by atoms with Gasteiger partial charge in [-0.25, -0.2) is 0 Å². The van der Waals surface area contributed by atoms with Gasteiger partial charge >= 0.3 is 0 Å². The fourth-order valence-corrected chi connectivity index (χ4v) is 3.02. The largest absolute Gasteiger partial charge is 0.378 e. The average Bonchev–Trinajstić information content (AvgIpc) is 2.41. The monoisotopic (exact) mass is 283 g/mol. The second kappa shape index (κ2) is 9.78. The van der Waals surface area contributed by atoms with Crippen LogP contribution in [0.5, 0.6) is 0 Å². The molecule has 0 amide bonds. The van der Waals surface area contributed by atoms with Gasteiger partial charge in [0, 0.05) is 6.61 Å². The maximum atomic E-state index is 6.13. The summed E-state index contributed by atoms with van der Waals surface area (Å²) in [4.78, 5) is 2.26. The van der Waals surface area contributed by atoms with E-state index in [4.69, 9.17) is 4.74 Å². The van der Waals surface area contributed by atoms with Crippen LogP contribution in [-0.2, 0) is 4.74 Å². The molecule has 0 aromatic heterocycles. The zero-order valence-corrected chi connectivity index (χ0v) is 14.5. The van der Waals surface area contributed by atoms with Crippen molar-refractivity contribution in [3.63, 3.8) is 0 Å². The molecule has 0 heterocycles. The lowest BCUT2D eigenvalue weighted by Crippen LogP contribution is -2.25. The summed E-state index contributed by atoms with van der Waals surface area (Å²) in [6, 6.07) is 0. The molecule has 0 radical (unpaired) electrons. The first-order chi connectivity index (χ1) is 9.47. The van der Waals surface area contributed by atoms with E-state index in [0.29, 0.717) is 12.0 Å². The van der Waals surface area contributed by atoms with E-state index in [1.165, 1.54) is 51.5 Å². The molecular weight excluding hydrogens is 246 g/mol. The Labute approximate surface area is 127 Å². The molecule has 1 unspecified atom stereocenters. The van der Waals surface area contributed by atoms with E-state index in [2.05, 4.69) is 39.8 Å². The number of rotatable bonds is 9. The average molecular weight is 284 g/mol. The third kappa shape index (κ3) is 8.26. The summed E-state index contributed by atoms with van der Waals surface area (Å²) in [6.45, 7) is 9.12. The molecular formula is C18H37NO. The van der Waals surface area contributed by atoms with Crippen LogP contribution < -0.4 is 0 Å². The minimum Gasteiger partial charge on any atom is -0.378 e. The fourth-order valence-electron chi connectivity index (χ4n) is 3.02. The van der Waals surface area contributed by atoms with Crippen molar-refractivity contribution in [2.75, 3.05) is 27.2 Å². The minimum absolute atomic E-state index is 0.548. The Morgan fingerprint density at radius 2 is 1.65 bits per heavy atom. The lowest BCUT2D eigenvalue weighted by molar-refractivity contribution is -0.00111. The summed E-state index contributed by atoms with van der Waals surface area (Å²) in [5.41, 5.74) is 0. The van der Waals surface area contributed by atoms with Crippen molar-refractivity contribution in [1.29, 1.82) is 0 Å². The predicted octanol–water partition coefficient (Wildman–Crippen LogP) is 4.59. The van der Waals surface area contributed by atoms with Crippen LogP contribution in [0.25, 0.3) is 0 Å². The lowest BCUT2D eigenvalue weighted by Gasteiger charge is -2.30. The highest BCUT2D eigenvalue weighted by atomic mass is 16.5. The van der Waals surface area contributed by atoms with Gasteiger partial charge in [-0.1, -0.05) is 33.6 Å². The zero-order valence-electron chi connectivity index (χ0n) is 14.5. The zero-order chi connectivity index (χ0) is 15.0. The third-order valence-electron chi connectivity index (χ3n) is 4.63. The highest BCUT2D eigenvalue weighted by molar-refractivity contribution is 4.73. The SMILES string of the molecule is CC(C)CCC1CCC(OCC(C)CCN(C)C)CC1. The van der Waals surface area contributed by atoms with E-state index in [1.54, 1.807) is 0 Å². The van der Waals surface area contributed by atoms with E-state index < -0.39 is 0 Å². The third-order valence-corrected chi connectivity index (χ3v) is 4.63. The van der Waals surface area contributed by atoms with Crippen molar-refractivity contribution in [3.8, 4) is 0 Å². The smallest absolute Gasteiger partial charge is 0.0575 e. The molecule has 1 aliphatic rings. The molecule has 1 fully saturated rings. The highest BCUT2D eigenvalue weighted by Crippen LogP contribution is 2.30. The van der Waals surface area contributed by atoms with Gasteiger partial charge in [0.25, 0.3) is 0 Å². The van der Waals surface area contributed by atoms with Crippen LogP contribution in [0.4, 0.5) is 0 Å². The molecule has 0 spiro atoms. The van der Waals surface area contributed by atoms with Gasteiger partial charge in [-0.15, -0.1) is 0 Å². The van der Waals surface area contributed by atoms with Gasteiger partial charge in [0.05, 0.1) is 6.10 Å². The molecule has 2 heteroatoms. The maximum Gasteiger partial charge on any atom is 0.0575 e. The molecule has 0 aromatic rings. The minimum atomic E-state index is 0.548. The summed E-state index contributed by atoms with van der Waals surface area (Å²) >= 11 is 0. The van der Waals surface area contributed by atoms with Gasteiger partial charge in [0.2, 0.25) is 0 Å². The quantitative estimate of drug-likeness (QED) is 0.614. The van der Waals surface area contributed by atoms with Crippen LogP contribution in [0.3, 0.4) is 0 Å². The first kappa shape index (κ1) is 18.0. The van der Waals surface area contributed by atoms with Crippen molar-refractivity contribution in [1.82, 2.24) is 4.90 Å². The normalized spacial score (nSPS) is 25.4. The van der Waals surface area contributed by atoms with Crippen LogP contribution in [0, 0.1) is 17.8 Å². The molecule has 20 heavy (non-hydrogen) atoms. The maximum absolute atomic E-state index is 6.13. The van der Waals surface area contributed by atoms with Crippen molar-refractivity contribution in [2.45, 2.75) is 71.8 Å². The Morgan fingerprint density at radius 3 is 2.20 bits per heavy atom. The van der Waals surface area contributed by atoms with Gasteiger partial charge in [-0.3, -0.25) is 0 Å². The predicted molar refractivity (Wildman–Crippen MR) is 88.1 cm³/mol. The highest BCUT2D eigenvalue weighted by Gasteiger charge is 2.22. The van der Waals surface area contributed by atoms with Crippen LogP contribution in [0.15, 0.2) is 0 Å².